The van der Waals surface area contributed by atoms with Crippen LogP contribution in [0.5, 0.6) is 0 Å². The summed E-state index contributed by atoms with van der Waals surface area (Å²) in [6.45, 7) is 5.14. The fourth-order valence-electron chi connectivity index (χ4n) is 3.26. The van der Waals surface area contributed by atoms with E-state index in [4.69, 9.17) is 0 Å². The van der Waals surface area contributed by atoms with Crippen molar-refractivity contribution in [3.05, 3.63) is 53.9 Å². The highest BCUT2D eigenvalue weighted by Crippen LogP contribution is 2.21. The zero-order valence-corrected chi connectivity index (χ0v) is 16.2. The topological polar surface area (TPSA) is 52.6 Å². The minimum Gasteiger partial charge on any atom is -0.339 e. The first-order valence-electron chi connectivity index (χ1n) is 9.40. The smallest absolute Gasteiger partial charge is 0.225 e. The standard InChI is InChI=1S/C20H25F2N5O/c1-15(16-4-5-17(21)18(22)14-16)25(2)9-6-19(28)26-10-12-27(13-11-26)20-23-7-3-8-24-20/h3-5,7-8,14-15H,6,9-13H2,1-2H3. The Morgan fingerprint density at radius 2 is 1.82 bits per heavy atom. The Morgan fingerprint density at radius 3 is 2.46 bits per heavy atom. The average molecular weight is 389 g/mol. The van der Waals surface area contributed by atoms with Crippen LogP contribution in [0.2, 0.25) is 0 Å². The first kappa shape index (κ1) is 20.1. The largest absolute Gasteiger partial charge is 0.339 e. The third-order valence-corrected chi connectivity index (χ3v) is 5.23. The number of amides is 1. The number of benzene rings is 1. The summed E-state index contributed by atoms with van der Waals surface area (Å²) in [7, 11) is 1.88. The molecular weight excluding hydrogens is 364 g/mol. The van der Waals surface area contributed by atoms with Gasteiger partial charge in [-0.2, -0.15) is 0 Å². The Labute approximate surface area is 163 Å². The first-order valence-corrected chi connectivity index (χ1v) is 9.40. The number of carbonyl (C=O) groups is 1. The molecule has 0 radical (unpaired) electrons. The maximum Gasteiger partial charge on any atom is 0.225 e. The molecule has 1 fully saturated rings. The molecule has 1 aromatic heterocycles. The van der Waals surface area contributed by atoms with E-state index in [0.29, 0.717) is 50.7 Å². The fraction of sp³-hybridized carbons (Fsp3) is 0.450. The van der Waals surface area contributed by atoms with Gasteiger partial charge >= 0.3 is 0 Å². The summed E-state index contributed by atoms with van der Waals surface area (Å²) in [6.07, 6.45) is 3.81. The summed E-state index contributed by atoms with van der Waals surface area (Å²) in [6, 6.07) is 5.59. The average Bonchev–Trinajstić information content (AvgIpc) is 2.74. The highest BCUT2D eigenvalue weighted by atomic mass is 19.2. The van der Waals surface area contributed by atoms with Crippen LogP contribution in [0.15, 0.2) is 36.7 Å². The Morgan fingerprint density at radius 1 is 1.14 bits per heavy atom. The number of hydrogen-bond donors (Lipinski definition) is 0. The van der Waals surface area contributed by atoms with E-state index in [1.807, 2.05) is 23.8 Å². The van der Waals surface area contributed by atoms with Gasteiger partial charge < -0.3 is 9.80 Å². The molecular formula is C20H25F2N5O. The van der Waals surface area contributed by atoms with Gasteiger partial charge in [-0.15, -0.1) is 0 Å². The predicted octanol–water partition coefficient (Wildman–Crippen LogP) is 2.49. The van der Waals surface area contributed by atoms with E-state index in [0.717, 1.165) is 6.07 Å². The van der Waals surface area contributed by atoms with Crippen molar-refractivity contribution in [2.45, 2.75) is 19.4 Å². The molecule has 0 spiro atoms. The van der Waals surface area contributed by atoms with Crippen LogP contribution in [-0.4, -0.2) is 65.4 Å². The van der Waals surface area contributed by atoms with Crippen molar-refractivity contribution in [2.24, 2.45) is 0 Å². The lowest BCUT2D eigenvalue weighted by molar-refractivity contribution is -0.131. The van der Waals surface area contributed by atoms with E-state index >= 15 is 0 Å². The Bertz CT molecular complexity index is 796. The fourth-order valence-corrected chi connectivity index (χ4v) is 3.26. The van der Waals surface area contributed by atoms with Crippen LogP contribution in [-0.2, 0) is 4.79 Å². The van der Waals surface area contributed by atoms with Crippen molar-refractivity contribution in [3.63, 3.8) is 0 Å². The van der Waals surface area contributed by atoms with Gasteiger partial charge in [-0.3, -0.25) is 9.69 Å². The van der Waals surface area contributed by atoms with Gasteiger partial charge in [0.25, 0.3) is 0 Å². The molecule has 1 aromatic carbocycles. The van der Waals surface area contributed by atoms with Crippen LogP contribution >= 0.6 is 0 Å². The molecule has 150 valence electrons. The van der Waals surface area contributed by atoms with E-state index in [1.54, 1.807) is 24.5 Å². The number of aromatic nitrogens is 2. The lowest BCUT2D eigenvalue weighted by Gasteiger charge is -2.35. The number of piperazine rings is 1. The molecule has 1 saturated heterocycles. The Hall–Kier alpha value is -2.61. The number of halogens is 2. The molecule has 0 N–H and O–H groups in total. The molecule has 0 aliphatic carbocycles. The second kappa shape index (κ2) is 9.05. The number of carbonyl (C=O) groups excluding carboxylic acids is 1. The summed E-state index contributed by atoms with van der Waals surface area (Å²) < 4.78 is 26.6. The SMILES string of the molecule is CC(c1ccc(F)c(F)c1)N(C)CCC(=O)N1CCN(c2ncccn2)CC1. The van der Waals surface area contributed by atoms with Crippen LogP contribution in [0.25, 0.3) is 0 Å². The highest BCUT2D eigenvalue weighted by Gasteiger charge is 2.23. The van der Waals surface area contributed by atoms with Gasteiger partial charge in [-0.05, 0) is 37.7 Å². The predicted molar refractivity (Wildman–Crippen MR) is 103 cm³/mol. The van der Waals surface area contributed by atoms with Crippen LogP contribution in [0.4, 0.5) is 14.7 Å². The summed E-state index contributed by atoms with van der Waals surface area (Å²) in [5.74, 6) is -0.921. The van der Waals surface area contributed by atoms with Crippen LogP contribution in [0.1, 0.15) is 24.9 Å². The first-order chi connectivity index (χ1) is 13.5. The van der Waals surface area contributed by atoms with E-state index in [1.165, 1.54) is 6.07 Å². The molecule has 1 atom stereocenters. The molecule has 6 nitrogen and oxygen atoms in total. The zero-order chi connectivity index (χ0) is 20.1. The molecule has 1 aliphatic rings. The van der Waals surface area contributed by atoms with Gasteiger partial charge in [0.2, 0.25) is 11.9 Å². The summed E-state index contributed by atoms with van der Waals surface area (Å²) in [4.78, 5) is 26.9. The molecule has 1 unspecified atom stereocenters. The van der Waals surface area contributed by atoms with Gasteiger partial charge in [0.05, 0.1) is 0 Å². The van der Waals surface area contributed by atoms with Crippen molar-refractivity contribution >= 4 is 11.9 Å². The molecule has 0 bridgehead atoms. The van der Waals surface area contributed by atoms with Crippen LogP contribution in [0, 0.1) is 11.6 Å². The van der Waals surface area contributed by atoms with Crippen LogP contribution in [0.3, 0.4) is 0 Å². The van der Waals surface area contributed by atoms with Crippen molar-refractivity contribution in [1.82, 2.24) is 19.8 Å². The van der Waals surface area contributed by atoms with Gasteiger partial charge in [0, 0.05) is 57.6 Å². The number of rotatable bonds is 6. The molecule has 8 heteroatoms. The molecule has 1 amide bonds. The monoisotopic (exact) mass is 389 g/mol. The van der Waals surface area contributed by atoms with Gasteiger partial charge in [-0.1, -0.05) is 6.07 Å². The van der Waals surface area contributed by atoms with Gasteiger partial charge in [-0.25, -0.2) is 18.7 Å². The van der Waals surface area contributed by atoms with Gasteiger partial charge in [0.1, 0.15) is 0 Å². The lowest BCUT2D eigenvalue weighted by atomic mass is 10.1. The third kappa shape index (κ3) is 4.81. The lowest BCUT2D eigenvalue weighted by Crippen LogP contribution is -2.49. The summed E-state index contributed by atoms with van der Waals surface area (Å²) >= 11 is 0. The second-order valence-electron chi connectivity index (χ2n) is 7.00. The molecule has 0 saturated carbocycles. The van der Waals surface area contributed by atoms with Gasteiger partial charge in [0.15, 0.2) is 11.6 Å². The van der Waals surface area contributed by atoms with E-state index < -0.39 is 11.6 Å². The number of hydrogen-bond acceptors (Lipinski definition) is 5. The molecule has 3 rings (SSSR count). The van der Waals surface area contributed by atoms with Crippen molar-refractivity contribution < 1.29 is 13.6 Å². The normalized spacial score (nSPS) is 15.8. The summed E-state index contributed by atoms with van der Waals surface area (Å²) in [5, 5.41) is 0. The molecule has 28 heavy (non-hydrogen) atoms. The maximum atomic E-state index is 13.4. The van der Waals surface area contributed by atoms with Crippen LogP contribution < -0.4 is 4.90 Å². The van der Waals surface area contributed by atoms with Crippen molar-refractivity contribution in [3.8, 4) is 0 Å². The Kier molecular flexibility index (Phi) is 6.51. The number of anilines is 1. The van der Waals surface area contributed by atoms with E-state index in [-0.39, 0.29) is 11.9 Å². The number of nitrogens with zero attached hydrogens (tertiary/aromatic N) is 5. The minimum atomic E-state index is -0.853. The minimum absolute atomic E-state index is 0.0953. The quantitative estimate of drug-likeness (QED) is 0.760. The van der Waals surface area contributed by atoms with Crippen molar-refractivity contribution in [1.29, 1.82) is 0 Å². The molecule has 2 heterocycles. The highest BCUT2D eigenvalue weighted by molar-refractivity contribution is 5.76. The van der Waals surface area contributed by atoms with E-state index in [9.17, 15) is 13.6 Å². The summed E-state index contributed by atoms with van der Waals surface area (Å²) in [5.41, 5.74) is 0.685. The molecule has 1 aliphatic heterocycles. The third-order valence-electron chi connectivity index (χ3n) is 5.23. The van der Waals surface area contributed by atoms with E-state index in [2.05, 4.69) is 14.9 Å². The Balaban J connectivity index is 1.47. The zero-order valence-electron chi connectivity index (χ0n) is 16.2. The molecule has 2 aromatic rings. The maximum absolute atomic E-state index is 13.4. The second-order valence-corrected chi connectivity index (χ2v) is 7.00. The van der Waals surface area contributed by atoms with Crippen molar-refractivity contribution in [2.75, 3.05) is 44.7 Å².